The van der Waals surface area contributed by atoms with Gasteiger partial charge in [0.15, 0.2) is 0 Å². The topological polar surface area (TPSA) is 179 Å². The van der Waals surface area contributed by atoms with Gasteiger partial charge in [0.2, 0.25) is 0 Å². The van der Waals surface area contributed by atoms with Gasteiger partial charge >= 0.3 is 11.9 Å². The van der Waals surface area contributed by atoms with Crippen LogP contribution in [0.5, 0.6) is 0 Å². The molecule has 0 bridgehead atoms. The molecule has 0 heterocycles. The number of halogens is 1. The molecule has 3 atom stereocenters. The van der Waals surface area contributed by atoms with E-state index in [0.29, 0.717) is 32.4 Å². The standard InChI is InChI=1S/2C6H14N2O2.CH4.ClH.H3P/c2*7-4-2-1-3-5(8)6(9)10;;;/h2*5H,1-4,7-8H2,(H,9,10);1H4;1H;1H3/t5-;;;;/m0..../s1/i;5D;;;. The van der Waals surface area contributed by atoms with Crippen molar-refractivity contribution in [3.8, 4) is 0 Å². The van der Waals surface area contributed by atoms with Crippen LogP contribution < -0.4 is 22.9 Å². The van der Waals surface area contributed by atoms with Gasteiger partial charge in [0.25, 0.3) is 0 Å². The van der Waals surface area contributed by atoms with Crippen LogP contribution in [-0.2, 0) is 9.59 Å². The lowest BCUT2D eigenvalue weighted by Crippen LogP contribution is -2.29. The predicted molar refractivity (Wildman–Crippen MR) is 102 cm³/mol. The SMILES string of the molecule is C.Cl.NCCCC[C@H](N)C(=O)O.P.[2H]C(N)(CCCCN)C(=O)O. The maximum absolute atomic E-state index is 10.3. The first-order valence-corrected chi connectivity index (χ1v) is 6.59. The van der Waals surface area contributed by atoms with Crippen LogP contribution >= 0.6 is 22.3 Å². The maximum atomic E-state index is 10.3. The fourth-order valence-electron chi connectivity index (χ4n) is 1.20. The Morgan fingerprint density at radius 3 is 1.61 bits per heavy atom. The van der Waals surface area contributed by atoms with Crippen LogP contribution in [0.1, 0.15) is 47.3 Å². The zero-order valence-electron chi connectivity index (χ0n) is 13.9. The van der Waals surface area contributed by atoms with E-state index in [0.717, 1.165) is 12.8 Å². The second kappa shape index (κ2) is 23.8. The molecule has 0 spiro atoms. The van der Waals surface area contributed by atoms with Crippen molar-refractivity contribution >= 4 is 34.2 Å². The third-order valence-corrected chi connectivity index (χ3v) is 2.46. The molecular formula is C13H36ClN4O4P. The van der Waals surface area contributed by atoms with Gasteiger partial charge in [0.05, 0.1) is 1.37 Å². The van der Waals surface area contributed by atoms with Crippen LogP contribution in [0.3, 0.4) is 0 Å². The molecule has 23 heavy (non-hydrogen) atoms. The minimum absolute atomic E-state index is 0. The highest BCUT2D eigenvalue weighted by atomic mass is 35.5. The Morgan fingerprint density at radius 1 is 0.913 bits per heavy atom. The smallest absolute Gasteiger partial charge is 0.320 e. The van der Waals surface area contributed by atoms with E-state index >= 15 is 0 Å². The summed E-state index contributed by atoms with van der Waals surface area (Å²) in [5, 5.41) is 16.7. The molecule has 0 aromatic carbocycles. The average Bonchev–Trinajstić information content (AvgIpc) is 2.39. The number of carboxylic acid groups (broad SMARTS) is 2. The van der Waals surface area contributed by atoms with E-state index in [1.54, 1.807) is 0 Å². The Labute approximate surface area is 150 Å². The monoisotopic (exact) mass is 379 g/mol. The third kappa shape index (κ3) is 26.7. The molecule has 8 nitrogen and oxygen atoms in total. The summed E-state index contributed by atoms with van der Waals surface area (Å²) in [5.41, 5.74) is 20.7. The summed E-state index contributed by atoms with van der Waals surface area (Å²) in [4.78, 5) is 20.4. The van der Waals surface area contributed by atoms with Gasteiger partial charge in [-0.05, 0) is 38.8 Å². The van der Waals surface area contributed by atoms with E-state index < -0.39 is 24.0 Å². The predicted octanol–water partition coefficient (Wildman–Crippen LogP) is 0.171. The van der Waals surface area contributed by atoms with Crippen LogP contribution in [0.2, 0.25) is 0 Å². The molecule has 0 rings (SSSR count). The molecule has 0 saturated carbocycles. The number of carbonyl (C=O) groups is 2. The number of hydrogen-bond acceptors (Lipinski definition) is 6. The van der Waals surface area contributed by atoms with Crippen molar-refractivity contribution in [1.29, 1.82) is 0 Å². The molecule has 144 valence electrons. The summed E-state index contributed by atoms with van der Waals surface area (Å²) in [5.74, 6) is -2.22. The van der Waals surface area contributed by atoms with Crippen molar-refractivity contribution in [3.63, 3.8) is 0 Å². The number of aliphatic carboxylic acids is 2. The largest absolute Gasteiger partial charge is 0.480 e. The molecule has 0 aromatic heterocycles. The van der Waals surface area contributed by atoms with Gasteiger partial charge in [-0.15, -0.1) is 12.4 Å². The summed E-state index contributed by atoms with van der Waals surface area (Å²) in [6, 6.07) is -2.55. The van der Waals surface area contributed by atoms with Gasteiger partial charge in [-0.2, -0.15) is 9.90 Å². The molecule has 0 radical (unpaired) electrons. The quantitative estimate of drug-likeness (QED) is 0.229. The van der Waals surface area contributed by atoms with Crippen molar-refractivity contribution in [1.82, 2.24) is 0 Å². The van der Waals surface area contributed by atoms with Gasteiger partial charge in [0, 0.05) is 0 Å². The molecule has 0 fully saturated rings. The van der Waals surface area contributed by atoms with Crippen molar-refractivity contribution < 1.29 is 21.2 Å². The average molecular weight is 380 g/mol. The van der Waals surface area contributed by atoms with Crippen LogP contribution in [0.15, 0.2) is 0 Å². The fraction of sp³-hybridized carbons (Fsp3) is 0.846. The lowest BCUT2D eigenvalue weighted by atomic mass is 10.1. The first-order valence-electron chi connectivity index (χ1n) is 7.09. The first-order chi connectivity index (χ1) is 9.68. The zero-order chi connectivity index (χ0) is 16.9. The number of carboxylic acids is 2. The summed E-state index contributed by atoms with van der Waals surface area (Å²) in [6.45, 7) is 1.11. The maximum Gasteiger partial charge on any atom is 0.320 e. The molecule has 0 saturated heterocycles. The van der Waals surface area contributed by atoms with Crippen molar-refractivity contribution in [3.05, 3.63) is 0 Å². The van der Waals surface area contributed by atoms with Crippen LogP contribution in [0, 0.1) is 0 Å². The second-order valence-corrected chi connectivity index (χ2v) is 4.31. The van der Waals surface area contributed by atoms with Crippen LogP contribution in [0.25, 0.3) is 0 Å². The highest BCUT2D eigenvalue weighted by Crippen LogP contribution is 1.97. The normalized spacial score (nSPS) is 13.3. The molecule has 0 aliphatic rings. The number of nitrogens with two attached hydrogens (primary N) is 4. The number of hydrogen-bond donors (Lipinski definition) is 6. The van der Waals surface area contributed by atoms with Crippen molar-refractivity contribution in [2.45, 2.75) is 58.0 Å². The highest BCUT2D eigenvalue weighted by Gasteiger charge is 2.09. The Hall–Kier alpha value is -0.500. The van der Waals surface area contributed by atoms with E-state index in [2.05, 4.69) is 0 Å². The highest BCUT2D eigenvalue weighted by molar-refractivity contribution is 6.92. The molecule has 10 heteroatoms. The summed E-state index contributed by atoms with van der Waals surface area (Å²) < 4.78 is 7.10. The van der Waals surface area contributed by atoms with E-state index in [9.17, 15) is 9.59 Å². The Morgan fingerprint density at radius 2 is 1.30 bits per heavy atom. The summed E-state index contributed by atoms with van der Waals surface area (Å²) in [7, 11) is 0. The van der Waals surface area contributed by atoms with E-state index in [1.807, 2.05) is 0 Å². The fourth-order valence-corrected chi connectivity index (χ4v) is 1.20. The van der Waals surface area contributed by atoms with Gasteiger partial charge in [-0.25, -0.2) is 0 Å². The van der Waals surface area contributed by atoms with Gasteiger partial charge in [-0.1, -0.05) is 20.3 Å². The van der Waals surface area contributed by atoms with E-state index in [4.69, 9.17) is 34.5 Å². The van der Waals surface area contributed by atoms with E-state index in [1.165, 1.54) is 0 Å². The van der Waals surface area contributed by atoms with Crippen molar-refractivity contribution in [2.75, 3.05) is 13.1 Å². The molecule has 0 aliphatic carbocycles. The second-order valence-electron chi connectivity index (χ2n) is 4.31. The van der Waals surface area contributed by atoms with Gasteiger partial charge in [0.1, 0.15) is 12.1 Å². The zero-order valence-corrected chi connectivity index (χ0v) is 15.1. The molecule has 0 aliphatic heterocycles. The van der Waals surface area contributed by atoms with Crippen molar-refractivity contribution in [2.24, 2.45) is 22.9 Å². The molecule has 0 aromatic rings. The number of rotatable bonds is 10. The minimum Gasteiger partial charge on any atom is -0.480 e. The number of unbranched alkanes of at least 4 members (excludes halogenated alkanes) is 2. The Balaban J connectivity index is -0.0000000894. The summed E-state index contributed by atoms with van der Waals surface area (Å²) >= 11 is 0. The van der Waals surface area contributed by atoms with Crippen LogP contribution in [-0.4, -0.2) is 47.3 Å². The molecule has 0 amide bonds. The van der Waals surface area contributed by atoms with Gasteiger partial charge in [-0.3, -0.25) is 9.59 Å². The molecular weight excluding hydrogens is 343 g/mol. The lowest BCUT2D eigenvalue weighted by Gasteiger charge is -2.03. The molecule has 10 N–H and O–H groups in total. The summed E-state index contributed by atoms with van der Waals surface area (Å²) in [6.07, 6.45) is 3.62. The van der Waals surface area contributed by atoms with Gasteiger partial charge < -0.3 is 33.1 Å². The Kier molecular flexibility index (Phi) is 31.4. The lowest BCUT2D eigenvalue weighted by molar-refractivity contribution is -0.139. The first kappa shape index (κ1) is 30.4. The molecule has 2 unspecified atom stereocenters. The van der Waals surface area contributed by atoms with E-state index in [-0.39, 0.29) is 36.2 Å². The third-order valence-electron chi connectivity index (χ3n) is 2.46. The Bertz CT molecular complexity index is 316. The minimum atomic E-state index is -1.84. The van der Waals surface area contributed by atoms with Crippen LogP contribution in [0.4, 0.5) is 0 Å².